The number of piperidine rings is 1. The molecule has 2 rings (SSSR count). The molecule has 1 aromatic carbocycles. The van der Waals surface area contributed by atoms with Gasteiger partial charge in [0.25, 0.3) is 5.91 Å². The number of benzene rings is 1. The molecule has 20 heavy (non-hydrogen) atoms. The van der Waals surface area contributed by atoms with E-state index in [0.717, 1.165) is 31.6 Å². The Morgan fingerprint density at radius 1 is 1.40 bits per heavy atom. The van der Waals surface area contributed by atoms with E-state index in [0.29, 0.717) is 16.7 Å². The summed E-state index contributed by atoms with van der Waals surface area (Å²) >= 11 is 0. The van der Waals surface area contributed by atoms with Crippen molar-refractivity contribution in [3.05, 3.63) is 23.8 Å². The summed E-state index contributed by atoms with van der Waals surface area (Å²) in [4.78, 5) is 14.3. The van der Waals surface area contributed by atoms with Gasteiger partial charge in [0.05, 0.1) is 11.3 Å². The van der Waals surface area contributed by atoms with Crippen molar-refractivity contribution in [1.82, 2.24) is 5.32 Å². The largest absolute Gasteiger partial charge is 0.399 e. The Morgan fingerprint density at radius 2 is 2.05 bits per heavy atom. The highest BCUT2D eigenvalue weighted by molar-refractivity contribution is 6.00. The first-order chi connectivity index (χ1) is 9.49. The number of nitrogen functional groups attached to an aromatic ring is 1. The number of carbonyl (C=O) groups is 1. The number of nitrogens with one attached hydrogen (secondary N) is 1. The van der Waals surface area contributed by atoms with Crippen LogP contribution in [0.5, 0.6) is 0 Å². The van der Waals surface area contributed by atoms with Crippen LogP contribution >= 0.6 is 0 Å². The first-order valence-corrected chi connectivity index (χ1v) is 7.35. The summed E-state index contributed by atoms with van der Waals surface area (Å²) in [6.07, 6.45) is 3.52. The molecule has 0 spiro atoms. The van der Waals surface area contributed by atoms with Crippen LogP contribution in [0.1, 0.15) is 43.5 Å². The summed E-state index contributed by atoms with van der Waals surface area (Å²) in [6.45, 7) is 6.57. The summed E-state index contributed by atoms with van der Waals surface area (Å²) in [5.41, 5.74) is 8.71. The Bertz CT molecular complexity index is 490. The maximum atomic E-state index is 12.0. The lowest BCUT2D eigenvalue weighted by molar-refractivity contribution is 0.0963. The molecule has 0 radical (unpaired) electrons. The molecule has 4 nitrogen and oxygen atoms in total. The van der Waals surface area contributed by atoms with E-state index in [-0.39, 0.29) is 5.91 Å². The highest BCUT2D eigenvalue weighted by Gasteiger charge is 2.29. The molecule has 110 valence electrons. The first-order valence-electron chi connectivity index (χ1n) is 7.35. The predicted octanol–water partition coefficient (Wildman–Crippen LogP) is 2.64. The van der Waals surface area contributed by atoms with E-state index in [4.69, 9.17) is 5.73 Å². The molecule has 0 saturated carbocycles. The molecule has 1 aromatic rings. The predicted molar refractivity (Wildman–Crippen MR) is 84.1 cm³/mol. The molecule has 0 bridgehead atoms. The van der Waals surface area contributed by atoms with E-state index in [1.54, 1.807) is 13.1 Å². The van der Waals surface area contributed by atoms with Crippen molar-refractivity contribution < 1.29 is 4.79 Å². The average Bonchev–Trinajstić information content (AvgIpc) is 2.47. The van der Waals surface area contributed by atoms with Gasteiger partial charge in [0.2, 0.25) is 0 Å². The zero-order valence-electron chi connectivity index (χ0n) is 12.7. The number of amides is 1. The third kappa shape index (κ3) is 2.89. The summed E-state index contributed by atoms with van der Waals surface area (Å²) in [5, 5.41) is 2.70. The minimum atomic E-state index is -0.0520. The van der Waals surface area contributed by atoms with Gasteiger partial charge in [-0.05, 0) is 36.5 Å². The number of hydrogen-bond acceptors (Lipinski definition) is 3. The molecule has 1 heterocycles. The molecule has 0 aromatic heterocycles. The van der Waals surface area contributed by atoms with Crippen LogP contribution in [0.4, 0.5) is 11.4 Å². The lowest BCUT2D eigenvalue weighted by atomic mass is 9.78. The Morgan fingerprint density at radius 3 is 2.60 bits per heavy atom. The van der Waals surface area contributed by atoms with E-state index in [2.05, 4.69) is 24.1 Å². The number of rotatable bonds is 3. The molecule has 1 aliphatic rings. The maximum Gasteiger partial charge on any atom is 0.253 e. The zero-order chi connectivity index (χ0) is 14.8. The fourth-order valence-corrected chi connectivity index (χ4v) is 2.78. The smallest absolute Gasteiger partial charge is 0.253 e. The monoisotopic (exact) mass is 275 g/mol. The Kier molecular flexibility index (Phi) is 4.21. The minimum Gasteiger partial charge on any atom is -0.399 e. The number of nitrogens with zero attached hydrogens (tertiary/aromatic N) is 1. The number of hydrogen-bond donors (Lipinski definition) is 2. The highest BCUT2D eigenvalue weighted by Crippen LogP contribution is 2.36. The van der Waals surface area contributed by atoms with Crippen molar-refractivity contribution in [3.63, 3.8) is 0 Å². The van der Waals surface area contributed by atoms with Gasteiger partial charge in [-0.2, -0.15) is 0 Å². The number of nitrogens with two attached hydrogens (primary N) is 1. The van der Waals surface area contributed by atoms with Gasteiger partial charge in [-0.15, -0.1) is 0 Å². The lowest BCUT2D eigenvalue weighted by Crippen LogP contribution is -2.39. The van der Waals surface area contributed by atoms with Crippen LogP contribution in [0.15, 0.2) is 18.2 Å². The first kappa shape index (κ1) is 14.7. The normalized spacial score (nSPS) is 17.9. The van der Waals surface area contributed by atoms with Crippen LogP contribution in [-0.2, 0) is 0 Å². The van der Waals surface area contributed by atoms with E-state index in [1.807, 2.05) is 12.1 Å². The Balaban J connectivity index is 2.25. The fraction of sp³-hybridized carbons (Fsp3) is 0.562. The Labute approximate surface area is 121 Å². The summed E-state index contributed by atoms with van der Waals surface area (Å²) < 4.78 is 0. The maximum absolute atomic E-state index is 12.0. The molecular formula is C16H25N3O. The Hall–Kier alpha value is -1.71. The van der Waals surface area contributed by atoms with Gasteiger partial charge >= 0.3 is 0 Å². The number of carbonyl (C=O) groups excluding carboxylic acids is 1. The molecule has 3 N–H and O–H groups in total. The van der Waals surface area contributed by atoms with Crippen molar-refractivity contribution in [2.75, 3.05) is 30.8 Å². The molecule has 0 unspecified atom stereocenters. The standard InChI is InChI=1S/C16H25N3O/c1-4-16(2)7-9-19(10-8-16)14-11-12(17)5-6-13(14)15(20)18-3/h5-6,11H,4,7-10,17H2,1-3H3,(H,18,20). The van der Waals surface area contributed by atoms with Crippen molar-refractivity contribution in [3.8, 4) is 0 Å². The van der Waals surface area contributed by atoms with Crippen LogP contribution in [0.2, 0.25) is 0 Å². The van der Waals surface area contributed by atoms with Crippen LogP contribution < -0.4 is 16.0 Å². The van der Waals surface area contributed by atoms with Gasteiger partial charge in [-0.3, -0.25) is 4.79 Å². The van der Waals surface area contributed by atoms with Crippen LogP contribution in [-0.4, -0.2) is 26.0 Å². The average molecular weight is 275 g/mol. The van der Waals surface area contributed by atoms with E-state index < -0.39 is 0 Å². The fourth-order valence-electron chi connectivity index (χ4n) is 2.78. The second-order valence-electron chi connectivity index (χ2n) is 6.01. The molecule has 4 heteroatoms. The van der Waals surface area contributed by atoms with Gasteiger partial charge in [-0.25, -0.2) is 0 Å². The molecular weight excluding hydrogens is 250 g/mol. The summed E-state index contributed by atoms with van der Waals surface area (Å²) in [6, 6.07) is 5.52. The van der Waals surface area contributed by atoms with E-state index in [9.17, 15) is 4.79 Å². The zero-order valence-corrected chi connectivity index (χ0v) is 12.7. The third-order valence-corrected chi connectivity index (χ3v) is 4.66. The van der Waals surface area contributed by atoms with Crippen molar-refractivity contribution in [2.24, 2.45) is 5.41 Å². The van der Waals surface area contributed by atoms with Gasteiger partial charge in [0.15, 0.2) is 0 Å². The second kappa shape index (κ2) is 5.73. The van der Waals surface area contributed by atoms with Crippen LogP contribution in [0.25, 0.3) is 0 Å². The number of anilines is 2. The van der Waals surface area contributed by atoms with Gasteiger partial charge in [0.1, 0.15) is 0 Å². The van der Waals surface area contributed by atoms with Gasteiger partial charge in [-0.1, -0.05) is 20.3 Å². The van der Waals surface area contributed by atoms with E-state index >= 15 is 0 Å². The minimum absolute atomic E-state index is 0.0520. The van der Waals surface area contributed by atoms with E-state index in [1.165, 1.54) is 6.42 Å². The molecule has 1 amide bonds. The lowest BCUT2D eigenvalue weighted by Gasteiger charge is -2.40. The molecule has 0 aliphatic carbocycles. The second-order valence-corrected chi connectivity index (χ2v) is 6.01. The van der Waals surface area contributed by atoms with Gasteiger partial charge in [0, 0.05) is 25.8 Å². The SMILES string of the molecule is CCC1(C)CCN(c2cc(N)ccc2C(=O)NC)CC1. The topological polar surface area (TPSA) is 58.4 Å². The van der Waals surface area contributed by atoms with Gasteiger partial charge < -0.3 is 16.0 Å². The molecule has 1 aliphatic heterocycles. The third-order valence-electron chi connectivity index (χ3n) is 4.66. The summed E-state index contributed by atoms with van der Waals surface area (Å²) in [5.74, 6) is -0.0520. The van der Waals surface area contributed by atoms with Crippen LogP contribution in [0.3, 0.4) is 0 Å². The van der Waals surface area contributed by atoms with Crippen molar-refractivity contribution in [2.45, 2.75) is 33.1 Å². The highest BCUT2D eigenvalue weighted by atomic mass is 16.1. The van der Waals surface area contributed by atoms with Crippen molar-refractivity contribution >= 4 is 17.3 Å². The molecule has 0 atom stereocenters. The molecule has 1 fully saturated rings. The van der Waals surface area contributed by atoms with Crippen LogP contribution in [0, 0.1) is 5.41 Å². The summed E-state index contributed by atoms with van der Waals surface area (Å²) in [7, 11) is 1.66. The molecule has 1 saturated heterocycles. The van der Waals surface area contributed by atoms with Crippen molar-refractivity contribution in [1.29, 1.82) is 0 Å². The quantitative estimate of drug-likeness (QED) is 0.834.